The molecular formula is C30H31F2N5O3S. The van der Waals surface area contributed by atoms with Crippen LogP contribution in [0.1, 0.15) is 50.1 Å². The predicted octanol–water partition coefficient (Wildman–Crippen LogP) is 4.50. The number of halogens is 2. The van der Waals surface area contributed by atoms with Crippen molar-refractivity contribution in [2.75, 3.05) is 29.5 Å². The summed E-state index contributed by atoms with van der Waals surface area (Å²) in [4.78, 5) is 15.5. The van der Waals surface area contributed by atoms with Crippen LogP contribution < -0.4 is 10.2 Å². The average Bonchev–Trinajstić information content (AvgIpc) is 3.61. The topological polar surface area (TPSA) is 108 Å². The van der Waals surface area contributed by atoms with Gasteiger partial charge in [-0.25, -0.2) is 21.9 Å². The molecule has 3 fully saturated rings. The first kappa shape index (κ1) is 27.4. The van der Waals surface area contributed by atoms with Crippen molar-refractivity contribution in [3.05, 3.63) is 66.0 Å². The smallest absolute Gasteiger partial charge is 0.225 e. The minimum absolute atomic E-state index is 0.0260. The maximum absolute atomic E-state index is 14.8. The molecule has 2 aromatic carbocycles. The van der Waals surface area contributed by atoms with E-state index in [1.165, 1.54) is 4.68 Å². The van der Waals surface area contributed by atoms with E-state index in [9.17, 15) is 27.3 Å². The van der Waals surface area contributed by atoms with Crippen LogP contribution in [0, 0.1) is 28.9 Å². The molecule has 11 heteroatoms. The van der Waals surface area contributed by atoms with Gasteiger partial charge >= 0.3 is 0 Å². The first-order chi connectivity index (χ1) is 19.7. The predicted molar refractivity (Wildman–Crippen MR) is 150 cm³/mol. The summed E-state index contributed by atoms with van der Waals surface area (Å²) in [7, 11) is -3.01. The number of benzene rings is 2. The number of carbonyl (C=O) groups is 1. The molecule has 2 saturated carbocycles. The molecule has 0 unspecified atom stereocenters. The molecule has 3 aromatic rings. The maximum Gasteiger partial charge on any atom is 0.225 e. The van der Waals surface area contributed by atoms with Crippen molar-refractivity contribution in [1.29, 1.82) is 5.26 Å². The lowest BCUT2D eigenvalue weighted by molar-refractivity contribution is -0.127. The summed E-state index contributed by atoms with van der Waals surface area (Å²) in [5, 5.41) is 17.2. The fourth-order valence-electron chi connectivity index (χ4n) is 5.98. The van der Waals surface area contributed by atoms with Crippen molar-refractivity contribution in [2.24, 2.45) is 5.92 Å². The molecule has 1 aliphatic heterocycles. The Morgan fingerprint density at radius 1 is 1.05 bits per heavy atom. The van der Waals surface area contributed by atoms with Gasteiger partial charge in [0.25, 0.3) is 0 Å². The van der Waals surface area contributed by atoms with Gasteiger partial charge in [-0.1, -0.05) is 25.0 Å². The maximum atomic E-state index is 14.8. The van der Waals surface area contributed by atoms with Crippen LogP contribution in [0.25, 0.3) is 16.8 Å². The van der Waals surface area contributed by atoms with E-state index in [0.717, 1.165) is 42.3 Å². The number of hydrogen-bond acceptors (Lipinski definition) is 6. The molecule has 6 rings (SSSR count). The van der Waals surface area contributed by atoms with Gasteiger partial charge in [0.05, 0.1) is 23.3 Å². The van der Waals surface area contributed by atoms with Crippen LogP contribution in [0.2, 0.25) is 0 Å². The Bertz CT molecular complexity index is 1610. The Morgan fingerprint density at radius 3 is 2.44 bits per heavy atom. The molecule has 1 amide bonds. The largest absolute Gasteiger partial charge is 0.369 e. The van der Waals surface area contributed by atoms with Crippen LogP contribution in [0.15, 0.2) is 48.7 Å². The van der Waals surface area contributed by atoms with E-state index < -0.39 is 32.9 Å². The quantitative estimate of drug-likeness (QED) is 0.461. The molecule has 214 valence electrons. The summed E-state index contributed by atoms with van der Waals surface area (Å²) in [6.07, 6.45) is 6.08. The average molecular weight is 580 g/mol. The Morgan fingerprint density at radius 2 is 1.76 bits per heavy atom. The Kier molecular flexibility index (Phi) is 7.06. The molecule has 0 spiro atoms. The van der Waals surface area contributed by atoms with Gasteiger partial charge in [-0.15, -0.1) is 0 Å². The molecule has 1 saturated heterocycles. The Labute approximate surface area is 237 Å². The monoisotopic (exact) mass is 579 g/mol. The number of sulfone groups is 1. The van der Waals surface area contributed by atoms with E-state index in [1.54, 1.807) is 6.20 Å². The third-order valence-corrected chi connectivity index (χ3v) is 10.2. The van der Waals surface area contributed by atoms with Gasteiger partial charge < -0.3 is 10.2 Å². The first-order valence-corrected chi connectivity index (χ1v) is 15.8. The number of amides is 1. The highest BCUT2D eigenvalue weighted by Gasteiger charge is 2.47. The van der Waals surface area contributed by atoms with E-state index in [1.807, 2.05) is 29.2 Å². The number of carbonyl (C=O) groups excluding carboxylic acids is 1. The molecule has 1 N–H and O–H groups in total. The van der Waals surface area contributed by atoms with E-state index in [0.29, 0.717) is 50.0 Å². The molecule has 2 aliphatic carbocycles. The highest BCUT2D eigenvalue weighted by atomic mass is 32.2. The molecule has 1 aromatic heterocycles. The summed E-state index contributed by atoms with van der Waals surface area (Å²) >= 11 is 0. The third-order valence-electron chi connectivity index (χ3n) is 8.57. The van der Waals surface area contributed by atoms with E-state index in [4.69, 9.17) is 5.10 Å². The second-order valence-corrected chi connectivity index (χ2v) is 13.6. The molecular weight excluding hydrogens is 548 g/mol. The van der Waals surface area contributed by atoms with E-state index in [-0.39, 0.29) is 29.0 Å². The van der Waals surface area contributed by atoms with Crippen LogP contribution >= 0.6 is 0 Å². The Hall–Kier alpha value is -3.78. The zero-order valence-electron chi connectivity index (χ0n) is 22.5. The zero-order chi connectivity index (χ0) is 28.8. The molecule has 8 nitrogen and oxygen atoms in total. The van der Waals surface area contributed by atoms with Gasteiger partial charge in [-0.2, -0.15) is 10.4 Å². The fourth-order valence-corrected chi connectivity index (χ4v) is 7.18. The van der Waals surface area contributed by atoms with E-state index >= 15 is 0 Å². The number of nitrogens with zero attached hydrogens (tertiary/aromatic N) is 4. The lowest BCUT2D eigenvalue weighted by Crippen LogP contribution is -2.42. The molecule has 0 bridgehead atoms. The Balaban J connectivity index is 1.37. The van der Waals surface area contributed by atoms with Gasteiger partial charge in [0, 0.05) is 48.4 Å². The second kappa shape index (κ2) is 10.6. The van der Waals surface area contributed by atoms with Crippen molar-refractivity contribution in [1.82, 2.24) is 15.1 Å². The summed E-state index contributed by atoms with van der Waals surface area (Å²) in [6.45, 7) is 0.847. The minimum Gasteiger partial charge on any atom is -0.369 e. The van der Waals surface area contributed by atoms with Gasteiger partial charge in [0.1, 0.15) is 22.9 Å². The van der Waals surface area contributed by atoms with E-state index in [2.05, 4.69) is 11.4 Å². The van der Waals surface area contributed by atoms with Crippen LogP contribution in [-0.4, -0.2) is 54.2 Å². The lowest BCUT2D eigenvalue weighted by atomic mass is 9.75. The van der Waals surface area contributed by atoms with Crippen molar-refractivity contribution in [3.8, 4) is 22.9 Å². The summed E-state index contributed by atoms with van der Waals surface area (Å²) in [5.41, 5.74) is 2.24. The molecule has 2 heterocycles. The van der Waals surface area contributed by atoms with Crippen molar-refractivity contribution >= 4 is 21.4 Å². The number of hydrogen-bond donors (Lipinski definition) is 1. The van der Waals surface area contributed by atoms with Gasteiger partial charge in [-0.05, 0) is 55.5 Å². The van der Waals surface area contributed by atoms with Gasteiger partial charge in [0.2, 0.25) is 5.91 Å². The molecule has 3 aliphatic rings. The number of nitrogens with one attached hydrogen (secondary N) is 1. The van der Waals surface area contributed by atoms with Gasteiger partial charge in [0.15, 0.2) is 9.84 Å². The number of anilines is 1. The zero-order valence-corrected chi connectivity index (χ0v) is 23.3. The highest BCUT2D eigenvalue weighted by molar-refractivity contribution is 7.91. The minimum atomic E-state index is -3.01. The number of aromatic nitrogens is 2. The molecule has 2 atom stereocenters. The molecule has 0 radical (unpaired) electrons. The van der Waals surface area contributed by atoms with Crippen molar-refractivity contribution < 1.29 is 22.0 Å². The fraction of sp³-hybridized carbons (Fsp3) is 0.433. The van der Waals surface area contributed by atoms with Crippen LogP contribution in [0.5, 0.6) is 0 Å². The third kappa shape index (κ3) is 5.58. The van der Waals surface area contributed by atoms with Crippen molar-refractivity contribution in [2.45, 2.75) is 50.0 Å². The number of rotatable bonds is 6. The first-order valence-electron chi connectivity index (χ1n) is 14.0. The van der Waals surface area contributed by atoms with Gasteiger partial charge in [-0.3, -0.25) is 4.79 Å². The highest BCUT2D eigenvalue weighted by Crippen LogP contribution is 2.43. The second-order valence-electron chi connectivity index (χ2n) is 11.3. The number of nitriles is 1. The SMILES string of the molecule is N#CC1(NC(=O)[C@@H]2CCCC[C@H]2c2nn(-c3cc(F)ccc3F)cc2-c2ccc(N3CCS(=O)(=O)CC3)cc2)CC1. The van der Waals surface area contributed by atoms with Crippen LogP contribution in [-0.2, 0) is 14.6 Å². The lowest BCUT2D eigenvalue weighted by Gasteiger charge is -2.31. The summed E-state index contributed by atoms with van der Waals surface area (Å²) in [6, 6.07) is 13.1. The summed E-state index contributed by atoms with van der Waals surface area (Å²) < 4.78 is 54.0. The summed E-state index contributed by atoms with van der Waals surface area (Å²) in [5.74, 6) is -1.81. The normalized spacial score (nSPS) is 23.0. The van der Waals surface area contributed by atoms with Crippen LogP contribution in [0.3, 0.4) is 0 Å². The van der Waals surface area contributed by atoms with Crippen LogP contribution in [0.4, 0.5) is 14.5 Å². The standard InChI is InChI=1S/C30H31F2N5O3S/c31-21-7-10-26(32)27(17-21)37-18-25(20-5-8-22(9-6-20)36-13-15-41(39,40)16-14-36)28(35-37)23-3-1-2-4-24(23)29(38)34-30(19-33)11-12-30/h5-10,17-18,23-24H,1-4,11-16H2,(H,34,38)/t23-,24-/m1/s1. The van der Waals surface area contributed by atoms with Crippen molar-refractivity contribution in [3.63, 3.8) is 0 Å². The molecule has 41 heavy (non-hydrogen) atoms.